The summed E-state index contributed by atoms with van der Waals surface area (Å²) < 4.78 is 0.848. The molecule has 3 aromatic rings. The number of halogens is 2. The standard InChI is InChI=1S/C20H11Cl2N3O4/c21-13-8-23-25(20(29)17(13)22)9-15(26)24-14-7-3-6-12-16(14)19(28)11-5-2-1-4-10(11)18(12)27/h1-8H,9H2,(H,24,26). The lowest BCUT2D eigenvalue weighted by atomic mass is 9.83. The molecule has 0 atom stereocenters. The van der Waals surface area contributed by atoms with Crippen LogP contribution in [0.15, 0.2) is 53.5 Å². The van der Waals surface area contributed by atoms with Crippen molar-refractivity contribution >= 4 is 46.4 Å². The molecule has 0 aliphatic heterocycles. The van der Waals surface area contributed by atoms with Gasteiger partial charge in [-0.25, -0.2) is 4.68 Å². The van der Waals surface area contributed by atoms with Crippen molar-refractivity contribution in [2.45, 2.75) is 6.54 Å². The van der Waals surface area contributed by atoms with E-state index in [0.29, 0.717) is 5.56 Å². The Labute approximate surface area is 173 Å². The van der Waals surface area contributed by atoms with E-state index in [-0.39, 0.29) is 44.0 Å². The van der Waals surface area contributed by atoms with Gasteiger partial charge in [0.25, 0.3) is 5.56 Å². The molecule has 7 nitrogen and oxygen atoms in total. The highest BCUT2D eigenvalue weighted by Gasteiger charge is 2.31. The third-order valence-corrected chi connectivity index (χ3v) is 5.21. The fourth-order valence-electron chi connectivity index (χ4n) is 3.13. The number of carbonyl (C=O) groups excluding carboxylic acids is 3. The van der Waals surface area contributed by atoms with Gasteiger partial charge in [-0.15, -0.1) is 0 Å². The van der Waals surface area contributed by atoms with Crippen LogP contribution in [0.1, 0.15) is 31.8 Å². The van der Waals surface area contributed by atoms with Crippen molar-refractivity contribution in [1.29, 1.82) is 0 Å². The molecule has 1 amide bonds. The summed E-state index contributed by atoms with van der Waals surface area (Å²) in [5.41, 5.74) is 0.363. The van der Waals surface area contributed by atoms with Crippen LogP contribution in [0, 0.1) is 0 Å². The average Bonchev–Trinajstić information content (AvgIpc) is 2.72. The Hall–Kier alpha value is -3.29. The first kappa shape index (κ1) is 19.0. The maximum absolute atomic E-state index is 12.9. The van der Waals surface area contributed by atoms with Crippen LogP contribution >= 0.6 is 23.2 Å². The fraction of sp³-hybridized carbons (Fsp3) is 0.0500. The first-order valence-corrected chi connectivity index (χ1v) is 9.16. The summed E-state index contributed by atoms with van der Waals surface area (Å²) in [5.74, 6) is -1.28. The Morgan fingerprint density at radius 3 is 2.31 bits per heavy atom. The molecule has 0 spiro atoms. The van der Waals surface area contributed by atoms with Gasteiger partial charge in [-0.3, -0.25) is 19.2 Å². The van der Waals surface area contributed by atoms with Gasteiger partial charge in [0.1, 0.15) is 11.6 Å². The number of benzene rings is 2. The van der Waals surface area contributed by atoms with Crippen LogP contribution in [0.3, 0.4) is 0 Å². The van der Waals surface area contributed by atoms with Crippen molar-refractivity contribution in [2.75, 3.05) is 5.32 Å². The molecule has 0 bridgehead atoms. The minimum atomic E-state index is -0.718. The summed E-state index contributed by atoms with van der Waals surface area (Å²) in [5, 5.41) is 6.08. The average molecular weight is 428 g/mol. The van der Waals surface area contributed by atoms with Crippen molar-refractivity contribution in [3.8, 4) is 0 Å². The molecule has 0 fully saturated rings. The first-order chi connectivity index (χ1) is 13.9. The van der Waals surface area contributed by atoms with Gasteiger partial charge in [0.05, 0.1) is 22.5 Å². The molecule has 0 radical (unpaired) electrons. The van der Waals surface area contributed by atoms with E-state index in [1.165, 1.54) is 12.1 Å². The van der Waals surface area contributed by atoms with E-state index >= 15 is 0 Å². The van der Waals surface area contributed by atoms with Gasteiger partial charge in [-0.2, -0.15) is 5.10 Å². The van der Waals surface area contributed by atoms with Crippen LogP contribution in [0.4, 0.5) is 5.69 Å². The number of nitrogens with zero attached hydrogens (tertiary/aromatic N) is 2. The molecule has 1 aliphatic carbocycles. The summed E-state index contributed by atoms with van der Waals surface area (Å²) in [7, 11) is 0. The van der Waals surface area contributed by atoms with Crippen LogP contribution < -0.4 is 10.9 Å². The Kier molecular flexibility index (Phi) is 4.77. The zero-order valence-corrected chi connectivity index (χ0v) is 16.1. The fourth-order valence-corrected chi connectivity index (χ4v) is 3.40. The predicted molar refractivity (Wildman–Crippen MR) is 107 cm³/mol. The van der Waals surface area contributed by atoms with Crippen LogP contribution in [0.2, 0.25) is 10.0 Å². The molecule has 0 saturated heterocycles. The highest BCUT2D eigenvalue weighted by molar-refractivity contribution is 6.41. The number of rotatable bonds is 3. The van der Waals surface area contributed by atoms with Gasteiger partial charge < -0.3 is 5.32 Å². The lowest BCUT2D eigenvalue weighted by Crippen LogP contribution is -2.31. The number of hydrogen-bond donors (Lipinski definition) is 1. The zero-order valence-electron chi connectivity index (χ0n) is 14.6. The van der Waals surface area contributed by atoms with Crippen molar-refractivity contribution in [3.05, 3.63) is 91.3 Å². The van der Waals surface area contributed by atoms with Crippen molar-refractivity contribution in [3.63, 3.8) is 0 Å². The Balaban J connectivity index is 1.67. The Morgan fingerprint density at radius 1 is 0.931 bits per heavy atom. The second-order valence-corrected chi connectivity index (χ2v) is 7.03. The number of nitrogens with one attached hydrogen (secondary N) is 1. The molecule has 0 unspecified atom stereocenters. The van der Waals surface area contributed by atoms with Crippen LogP contribution in [0.25, 0.3) is 0 Å². The highest BCUT2D eigenvalue weighted by Crippen LogP contribution is 2.31. The molecule has 1 heterocycles. The summed E-state index contributed by atoms with van der Waals surface area (Å²) in [6.07, 6.45) is 1.15. The van der Waals surface area contributed by atoms with E-state index in [1.807, 2.05) is 0 Å². The van der Waals surface area contributed by atoms with Gasteiger partial charge in [-0.05, 0) is 6.07 Å². The maximum atomic E-state index is 12.9. The number of ketones is 2. The second-order valence-electron chi connectivity index (χ2n) is 6.25. The number of hydrogen-bond acceptors (Lipinski definition) is 5. The minimum absolute atomic E-state index is 0.0202. The van der Waals surface area contributed by atoms with E-state index in [4.69, 9.17) is 23.2 Å². The monoisotopic (exact) mass is 427 g/mol. The number of aromatic nitrogens is 2. The molecular weight excluding hydrogens is 417 g/mol. The number of carbonyl (C=O) groups is 3. The van der Waals surface area contributed by atoms with Crippen molar-refractivity contribution < 1.29 is 14.4 Å². The zero-order chi connectivity index (χ0) is 20.7. The molecular formula is C20H11Cl2N3O4. The lowest BCUT2D eigenvalue weighted by molar-refractivity contribution is -0.117. The van der Waals surface area contributed by atoms with Gasteiger partial charge in [-0.1, -0.05) is 59.6 Å². The van der Waals surface area contributed by atoms with Gasteiger partial charge in [0.2, 0.25) is 5.91 Å². The molecule has 1 aromatic heterocycles. The maximum Gasteiger partial charge on any atom is 0.287 e. The summed E-state index contributed by atoms with van der Waals surface area (Å²) in [4.78, 5) is 50.2. The normalized spacial score (nSPS) is 12.3. The molecule has 0 saturated carbocycles. The number of anilines is 1. The molecule has 144 valence electrons. The summed E-state index contributed by atoms with van der Waals surface area (Å²) in [6, 6.07) is 11.1. The molecule has 2 aromatic carbocycles. The Bertz CT molecular complexity index is 1270. The second kappa shape index (κ2) is 7.27. The molecule has 1 aliphatic rings. The third kappa shape index (κ3) is 3.24. The molecule has 1 N–H and O–H groups in total. The van der Waals surface area contributed by atoms with Crippen molar-refractivity contribution in [2.24, 2.45) is 0 Å². The van der Waals surface area contributed by atoms with E-state index in [1.54, 1.807) is 30.3 Å². The SMILES string of the molecule is O=C(Cn1ncc(Cl)c(Cl)c1=O)Nc1cccc2c1C(=O)c1ccccc1C2=O. The molecule has 4 rings (SSSR count). The van der Waals surface area contributed by atoms with E-state index in [9.17, 15) is 19.2 Å². The molecule has 29 heavy (non-hydrogen) atoms. The number of amides is 1. The Morgan fingerprint density at radius 2 is 1.59 bits per heavy atom. The first-order valence-electron chi connectivity index (χ1n) is 8.41. The summed E-state index contributed by atoms with van der Waals surface area (Å²) >= 11 is 11.5. The lowest BCUT2D eigenvalue weighted by Gasteiger charge is -2.20. The van der Waals surface area contributed by atoms with E-state index in [0.717, 1.165) is 10.9 Å². The quantitative estimate of drug-likeness (QED) is 0.541. The molecule has 9 heteroatoms. The van der Waals surface area contributed by atoms with Gasteiger partial charge >= 0.3 is 0 Å². The van der Waals surface area contributed by atoms with Crippen LogP contribution in [-0.2, 0) is 11.3 Å². The third-order valence-electron chi connectivity index (χ3n) is 4.46. The predicted octanol–water partition coefficient (Wildman–Crippen LogP) is 2.96. The minimum Gasteiger partial charge on any atom is -0.324 e. The summed E-state index contributed by atoms with van der Waals surface area (Å²) in [6.45, 7) is -0.446. The van der Waals surface area contributed by atoms with Gasteiger partial charge in [0, 0.05) is 16.7 Å². The smallest absolute Gasteiger partial charge is 0.287 e. The number of fused-ring (bicyclic) bond motifs is 2. The van der Waals surface area contributed by atoms with Crippen LogP contribution in [0.5, 0.6) is 0 Å². The largest absolute Gasteiger partial charge is 0.324 e. The van der Waals surface area contributed by atoms with E-state index < -0.39 is 18.0 Å². The topological polar surface area (TPSA) is 98.1 Å². The van der Waals surface area contributed by atoms with Crippen LogP contribution in [-0.4, -0.2) is 27.3 Å². The highest BCUT2D eigenvalue weighted by atomic mass is 35.5. The van der Waals surface area contributed by atoms with Crippen molar-refractivity contribution in [1.82, 2.24) is 9.78 Å². The van der Waals surface area contributed by atoms with Gasteiger partial charge in [0.15, 0.2) is 11.6 Å². The van der Waals surface area contributed by atoms with E-state index in [2.05, 4.69) is 10.4 Å².